The van der Waals surface area contributed by atoms with Gasteiger partial charge in [-0.3, -0.25) is 4.79 Å². The number of likely N-dealkylation sites (N-methyl/N-ethyl adjacent to an activating group) is 1. The molecular weight excluding hydrogens is 166 g/mol. The van der Waals surface area contributed by atoms with Gasteiger partial charge in [0.2, 0.25) is 0 Å². The largest absolute Gasteiger partial charge is 0.468 e. The van der Waals surface area contributed by atoms with Crippen molar-refractivity contribution in [2.45, 2.75) is 39.2 Å². The number of rotatable bonds is 5. The molecule has 0 aromatic rings. The van der Waals surface area contributed by atoms with Gasteiger partial charge in [0, 0.05) is 0 Å². The molecule has 0 amide bonds. The van der Waals surface area contributed by atoms with E-state index in [9.17, 15) is 4.79 Å². The molecule has 3 nitrogen and oxygen atoms in total. The van der Waals surface area contributed by atoms with Crippen LogP contribution >= 0.6 is 0 Å². The third kappa shape index (κ3) is 3.77. The summed E-state index contributed by atoms with van der Waals surface area (Å²) in [6, 6.07) is 0. The molecule has 0 fully saturated rings. The van der Waals surface area contributed by atoms with Crippen LogP contribution in [0, 0.1) is 5.92 Å². The highest BCUT2D eigenvalue weighted by molar-refractivity contribution is 5.80. The van der Waals surface area contributed by atoms with Crippen LogP contribution in [-0.2, 0) is 9.53 Å². The van der Waals surface area contributed by atoms with E-state index < -0.39 is 5.54 Å². The molecule has 0 aliphatic carbocycles. The molecule has 1 unspecified atom stereocenters. The average Bonchev–Trinajstić information content (AvgIpc) is 2.12. The zero-order valence-electron chi connectivity index (χ0n) is 9.31. The first-order valence-electron chi connectivity index (χ1n) is 4.73. The monoisotopic (exact) mass is 187 g/mol. The number of esters is 1. The fourth-order valence-electron chi connectivity index (χ4n) is 1.13. The van der Waals surface area contributed by atoms with E-state index in [2.05, 4.69) is 19.2 Å². The summed E-state index contributed by atoms with van der Waals surface area (Å²) in [7, 11) is 3.21. The third-order valence-corrected chi connectivity index (χ3v) is 2.41. The van der Waals surface area contributed by atoms with Crippen molar-refractivity contribution < 1.29 is 9.53 Å². The van der Waals surface area contributed by atoms with Gasteiger partial charge < -0.3 is 10.1 Å². The van der Waals surface area contributed by atoms with Crippen molar-refractivity contribution in [1.82, 2.24) is 5.32 Å². The van der Waals surface area contributed by atoms with Gasteiger partial charge in [-0.15, -0.1) is 0 Å². The summed E-state index contributed by atoms with van der Waals surface area (Å²) >= 11 is 0. The molecule has 0 aliphatic heterocycles. The normalized spacial score (nSPS) is 15.5. The highest BCUT2D eigenvalue weighted by atomic mass is 16.5. The topological polar surface area (TPSA) is 38.3 Å². The summed E-state index contributed by atoms with van der Waals surface area (Å²) in [5.74, 6) is 0.424. The Kier molecular flexibility index (Phi) is 4.99. The van der Waals surface area contributed by atoms with E-state index in [0.29, 0.717) is 5.92 Å². The number of nitrogens with one attached hydrogen (secondary N) is 1. The molecule has 0 rings (SSSR count). The molecule has 78 valence electrons. The molecule has 1 atom stereocenters. The van der Waals surface area contributed by atoms with E-state index >= 15 is 0 Å². The van der Waals surface area contributed by atoms with Gasteiger partial charge >= 0.3 is 5.97 Å². The van der Waals surface area contributed by atoms with Gasteiger partial charge in [-0.2, -0.15) is 0 Å². The van der Waals surface area contributed by atoms with Crippen LogP contribution in [-0.4, -0.2) is 25.7 Å². The van der Waals surface area contributed by atoms with Crippen molar-refractivity contribution in [3.8, 4) is 0 Å². The van der Waals surface area contributed by atoms with E-state index in [4.69, 9.17) is 4.74 Å². The predicted octanol–water partition coefficient (Wildman–Crippen LogP) is 1.57. The number of hydrogen-bond acceptors (Lipinski definition) is 3. The summed E-state index contributed by atoms with van der Waals surface area (Å²) in [5.41, 5.74) is -0.529. The molecule has 3 heteroatoms. The summed E-state index contributed by atoms with van der Waals surface area (Å²) < 4.78 is 4.74. The molecule has 0 aromatic carbocycles. The molecule has 0 saturated carbocycles. The number of carbonyl (C=O) groups is 1. The van der Waals surface area contributed by atoms with E-state index in [1.54, 1.807) is 7.05 Å². The Labute approximate surface area is 80.8 Å². The maximum atomic E-state index is 11.4. The Bertz CT molecular complexity index is 168. The Hall–Kier alpha value is -0.570. The molecule has 0 aromatic heterocycles. The number of hydrogen-bond donors (Lipinski definition) is 1. The maximum Gasteiger partial charge on any atom is 0.325 e. The quantitative estimate of drug-likeness (QED) is 0.664. The van der Waals surface area contributed by atoms with Crippen LogP contribution in [0.3, 0.4) is 0 Å². The van der Waals surface area contributed by atoms with Gasteiger partial charge in [-0.05, 0) is 32.7 Å². The summed E-state index contributed by atoms with van der Waals surface area (Å²) in [4.78, 5) is 11.4. The second kappa shape index (κ2) is 5.22. The summed E-state index contributed by atoms with van der Waals surface area (Å²) in [5, 5.41) is 3.01. The van der Waals surface area contributed by atoms with Crippen LogP contribution in [0.1, 0.15) is 33.6 Å². The molecule has 0 saturated heterocycles. The number of ether oxygens (including phenoxy) is 1. The summed E-state index contributed by atoms with van der Waals surface area (Å²) in [6.07, 6.45) is 1.83. The second-order valence-corrected chi connectivity index (χ2v) is 4.01. The van der Waals surface area contributed by atoms with Crippen LogP contribution in [0.4, 0.5) is 0 Å². The van der Waals surface area contributed by atoms with Crippen molar-refractivity contribution in [1.29, 1.82) is 0 Å². The van der Waals surface area contributed by atoms with Gasteiger partial charge in [0.15, 0.2) is 0 Å². The second-order valence-electron chi connectivity index (χ2n) is 4.01. The van der Waals surface area contributed by atoms with Gasteiger partial charge in [0.25, 0.3) is 0 Å². The van der Waals surface area contributed by atoms with E-state index in [0.717, 1.165) is 12.8 Å². The molecule has 0 heterocycles. The Morgan fingerprint density at radius 3 is 2.38 bits per heavy atom. The SMILES string of the molecule is CNC(C)(CCC(C)C)C(=O)OC. The number of carbonyl (C=O) groups excluding carboxylic acids is 1. The van der Waals surface area contributed by atoms with Gasteiger partial charge in [-0.1, -0.05) is 13.8 Å². The van der Waals surface area contributed by atoms with Crippen LogP contribution in [0.15, 0.2) is 0 Å². The van der Waals surface area contributed by atoms with Crippen LogP contribution < -0.4 is 5.32 Å². The highest BCUT2D eigenvalue weighted by Crippen LogP contribution is 2.17. The fourth-order valence-corrected chi connectivity index (χ4v) is 1.13. The first-order valence-corrected chi connectivity index (χ1v) is 4.73. The Morgan fingerprint density at radius 1 is 1.54 bits per heavy atom. The van der Waals surface area contributed by atoms with E-state index in [-0.39, 0.29) is 5.97 Å². The zero-order chi connectivity index (χ0) is 10.5. The number of methoxy groups -OCH3 is 1. The lowest BCUT2D eigenvalue weighted by molar-refractivity contribution is -0.148. The van der Waals surface area contributed by atoms with E-state index in [1.807, 2.05) is 6.92 Å². The molecular formula is C10H21NO2. The molecule has 0 spiro atoms. The predicted molar refractivity (Wildman–Crippen MR) is 53.6 cm³/mol. The molecule has 0 bridgehead atoms. The fraction of sp³-hybridized carbons (Fsp3) is 0.900. The lowest BCUT2D eigenvalue weighted by Gasteiger charge is -2.26. The van der Waals surface area contributed by atoms with Crippen LogP contribution in [0.25, 0.3) is 0 Å². The highest BCUT2D eigenvalue weighted by Gasteiger charge is 2.31. The lowest BCUT2D eigenvalue weighted by Crippen LogP contribution is -2.48. The van der Waals surface area contributed by atoms with Gasteiger partial charge in [0.05, 0.1) is 7.11 Å². The van der Waals surface area contributed by atoms with Crippen LogP contribution in [0.2, 0.25) is 0 Å². The van der Waals surface area contributed by atoms with Gasteiger partial charge in [0.1, 0.15) is 5.54 Å². The minimum absolute atomic E-state index is 0.185. The maximum absolute atomic E-state index is 11.4. The minimum atomic E-state index is -0.529. The van der Waals surface area contributed by atoms with Crippen molar-refractivity contribution in [2.24, 2.45) is 5.92 Å². The standard InChI is InChI=1S/C10H21NO2/c1-8(2)6-7-10(3,11-4)9(12)13-5/h8,11H,6-7H2,1-5H3. The lowest BCUT2D eigenvalue weighted by atomic mass is 9.92. The van der Waals surface area contributed by atoms with Crippen molar-refractivity contribution in [3.63, 3.8) is 0 Å². The van der Waals surface area contributed by atoms with Crippen molar-refractivity contribution >= 4 is 5.97 Å². The van der Waals surface area contributed by atoms with E-state index in [1.165, 1.54) is 7.11 Å². The zero-order valence-corrected chi connectivity index (χ0v) is 9.31. The summed E-state index contributed by atoms with van der Waals surface area (Å²) in [6.45, 7) is 6.17. The Balaban J connectivity index is 4.19. The molecule has 13 heavy (non-hydrogen) atoms. The molecule has 1 N–H and O–H groups in total. The first-order chi connectivity index (χ1) is 5.96. The smallest absolute Gasteiger partial charge is 0.325 e. The minimum Gasteiger partial charge on any atom is -0.468 e. The molecule has 0 radical (unpaired) electrons. The average molecular weight is 187 g/mol. The Morgan fingerprint density at radius 2 is 2.08 bits per heavy atom. The first kappa shape index (κ1) is 12.4. The third-order valence-electron chi connectivity index (χ3n) is 2.41. The van der Waals surface area contributed by atoms with Gasteiger partial charge in [-0.25, -0.2) is 0 Å². The van der Waals surface area contributed by atoms with Crippen molar-refractivity contribution in [3.05, 3.63) is 0 Å². The van der Waals surface area contributed by atoms with Crippen molar-refractivity contribution in [2.75, 3.05) is 14.2 Å². The van der Waals surface area contributed by atoms with Crippen LogP contribution in [0.5, 0.6) is 0 Å². The molecule has 0 aliphatic rings.